The van der Waals surface area contributed by atoms with Gasteiger partial charge in [-0.15, -0.1) is 0 Å². The highest BCUT2D eigenvalue weighted by Crippen LogP contribution is 2.31. The van der Waals surface area contributed by atoms with E-state index in [1.54, 1.807) is 4.90 Å². The molecule has 1 aliphatic rings. The van der Waals surface area contributed by atoms with Gasteiger partial charge in [0.25, 0.3) is 0 Å². The molecule has 160 valence electrons. The number of urea groups is 1. The molecule has 2 aromatic rings. The molecule has 0 saturated heterocycles. The van der Waals surface area contributed by atoms with E-state index in [0.717, 1.165) is 11.3 Å². The van der Waals surface area contributed by atoms with Crippen LogP contribution in [-0.4, -0.2) is 41.6 Å². The van der Waals surface area contributed by atoms with Gasteiger partial charge >= 0.3 is 6.03 Å². The minimum absolute atomic E-state index is 0.0706. The molecular weight excluding hydrogens is 385 g/mol. The van der Waals surface area contributed by atoms with Gasteiger partial charge in [-0.05, 0) is 35.2 Å². The zero-order valence-electron chi connectivity index (χ0n) is 17.3. The van der Waals surface area contributed by atoms with E-state index in [0.29, 0.717) is 25.1 Å². The Morgan fingerprint density at radius 1 is 1.20 bits per heavy atom. The summed E-state index contributed by atoms with van der Waals surface area (Å²) in [4.78, 5) is 26.4. The van der Waals surface area contributed by atoms with Gasteiger partial charge in [0.2, 0.25) is 5.91 Å². The molecule has 0 aliphatic carbocycles. The number of anilines is 1. The van der Waals surface area contributed by atoms with Crippen molar-refractivity contribution in [3.8, 4) is 0 Å². The lowest BCUT2D eigenvalue weighted by Crippen LogP contribution is -2.45. The van der Waals surface area contributed by atoms with Crippen molar-refractivity contribution in [1.82, 2.24) is 10.2 Å². The van der Waals surface area contributed by atoms with Crippen LogP contribution in [0.25, 0.3) is 0 Å². The van der Waals surface area contributed by atoms with Crippen LogP contribution in [0.15, 0.2) is 48.5 Å². The highest BCUT2D eigenvalue weighted by Gasteiger charge is 2.26. The van der Waals surface area contributed by atoms with Crippen molar-refractivity contribution in [2.75, 3.05) is 25.0 Å². The van der Waals surface area contributed by atoms with Gasteiger partial charge in [0.05, 0.1) is 12.6 Å². The lowest BCUT2D eigenvalue weighted by atomic mass is 9.90. The normalized spacial score (nSPS) is 16.6. The molecule has 1 aliphatic heterocycles. The first-order chi connectivity index (χ1) is 14.3. The molecule has 0 bridgehead atoms. The highest BCUT2D eigenvalue weighted by atomic mass is 19.1. The van der Waals surface area contributed by atoms with E-state index in [2.05, 4.69) is 10.6 Å². The number of benzene rings is 2. The number of hydrogen-bond donors (Lipinski definition) is 3. The van der Waals surface area contributed by atoms with Gasteiger partial charge in [0, 0.05) is 31.1 Å². The van der Waals surface area contributed by atoms with Crippen LogP contribution in [-0.2, 0) is 4.79 Å². The Balaban J connectivity index is 1.65. The molecule has 3 N–H and O–H groups in total. The van der Waals surface area contributed by atoms with Gasteiger partial charge in [-0.2, -0.15) is 0 Å². The molecule has 6 nitrogen and oxygen atoms in total. The van der Waals surface area contributed by atoms with Gasteiger partial charge in [-0.1, -0.05) is 44.2 Å². The van der Waals surface area contributed by atoms with Crippen LogP contribution < -0.4 is 10.6 Å². The number of para-hydroxylation sites is 1. The molecule has 0 fully saturated rings. The number of rotatable bonds is 7. The van der Waals surface area contributed by atoms with Crippen LogP contribution in [0.2, 0.25) is 0 Å². The van der Waals surface area contributed by atoms with Gasteiger partial charge < -0.3 is 20.6 Å². The summed E-state index contributed by atoms with van der Waals surface area (Å²) in [6.07, 6.45) is -0.615. The third kappa shape index (κ3) is 5.57. The molecule has 0 aromatic heterocycles. The largest absolute Gasteiger partial charge is 0.387 e. The molecule has 0 spiro atoms. The second-order valence-corrected chi connectivity index (χ2v) is 8.09. The first-order valence-electron chi connectivity index (χ1n) is 10.2. The summed E-state index contributed by atoms with van der Waals surface area (Å²) in [5.41, 5.74) is 2.33. The van der Waals surface area contributed by atoms with E-state index >= 15 is 0 Å². The van der Waals surface area contributed by atoms with E-state index in [1.807, 2.05) is 38.1 Å². The molecule has 3 amide bonds. The van der Waals surface area contributed by atoms with Crippen molar-refractivity contribution in [1.29, 1.82) is 0 Å². The lowest BCUT2D eigenvalue weighted by Gasteiger charge is -2.30. The number of carbonyl (C=O) groups is 2. The van der Waals surface area contributed by atoms with Crippen LogP contribution >= 0.6 is 0 Å². The predicted octanol–water partition coefficient (Wildman–Crippen LogP) is 3.65. The lowest BCUT2D eigenvalue weighted by molar-refractivity contribution is -0.116. The number of hydrogen-bond acceptors (Lipinski definition) is 3. The molecule has 1 heterocycles. The summed E-state index contributed by atoms with van der Waals surface area (Å²) in [6.45, 7) is 4.87. The molecule has 7 heteroatoms. The number of aliphatic hydroxyl groups is 1. The molecule has 2 unspecified atom stereocenters. The standard InChI is InChI=1S/C23H28FN3O3/c1-15(2)13-27(14-21(28)16-7-9-18(24)10-8-16)23(30)25-12-17-11-22(29)26-20-6-4-3-5-19(17)20/h3-10,15,17,21,28H,11-14H2,1-2H3,(H,25,30)(H,26,29). The maximum Gasteiger partial charge on any atom is 0.317 e. The molecule has 30 heavy (non-hydrogen) atoms. The summed E-state index contributed by atoms with van der Waals surface area (Å²) in [5.74, 6) is -0.350. The summed E-state index contributed by atoms with van der Waals surface area (Å²) in [7, 11) is 0. The average molecular weight is 413 g/mol. The second kappa shape index (κ2) is 9.71. The highest BCUT2D eigenvalue weighted by molar-refractivity contribution is 5.94. The van der Waals surface area contributed by atoms with Gasteiger partial charge in [0.1, 0.15) is 5.82 Å². The summed E-state index contributed by atoms with van der Waals surface area (Å²) >= 11 is 0. The van der Waals surface area contributed by atoms with Crippen LogP contribution in [0, 0.1) is 11.7 Å². The van der Waals surface area contributed by atoms with Crippen LogP contribution in [0.5, 0.6) is 0 Å². The van der Waals surface area contributed by atoms with E-state index in [9.17, 15) is 19.1 Å². The summed E-state index contributed by atoms with van der Waals surface area (Å²) in [5, 5.41) is 16.3. The average Bonchev–Trinajstić information content (AvgIpc) is 2.71. The monoisotopic (exact) mass is 413 g/mol. The number of aliphatic hydroxyl groups excluding tert-OH is 1. The number of fused-ring (bicyclic) bond motifs is 1. The predicted molar refractivity (Wildman–Crippen MR) is 114 cm³/mol. The van der Waals surface area contributed by atoms with Gasteiger partial charge in [0.15, 0.2) is 0 Å². The first-order valence-corrected chi connectivity index (χ1v) is 10.2. The maximum atomic E-state index is 13.1. The van der Waals surface area contributed by atoms with E-state index in [1.165, 1.54) is 24.3 Å². The van der Waals surface area contributed by atoms with Crippen molar-refractivity contribution < 1.29 is 19.1 Å². The zero-order chi connectivity index (χ0) is 21.7. The number of halogens is 1. The van der Waals surface area contributed by atoms with Crippen molar-refractivity contribution in [2.24, 2.45) is 5.92 Å². The van der Waals surface area contributed by atoms with Crippen LogP contribution in [0.1, 0.15) is 43.4 Å². The summed E-state index contributed by atoms with van der Waals surface area (Å²) in [6, 6.07) is 12.9. The number of carbonyl (C=O) groups excluding carboxylic acids is 2. The van der Waals surface area contributed by atoms with Gasteiger partial charge in [-0.25, -0.2) is 9.18 Å². The first kappa shape index (κ1) is 21.8. The molecule has 2 aromatic carbocycles. The minimum Gasteiger partial charge on any atom is -0.387 e. The Bertz CT molecular complexity index is 886. The Morgan fingerprint density at radius 2 is 1.90 bits per heavy atom. The Hall–Kier alpha value is -2.93. The molecule has 0 radical (unpaired) electrons. The molecular formula is C23H28FN3O3. The quantitative estimate of drug-likeness (QED) is 0.648. The Kier molecular flexibility index (Phi) is 7.05. The van der Waals surface area contributed by atoms with E-state index < -0.39 is 6.10 Å². The van der Waals surface area contributed by atoms with Gasteiger partial charge in [-0.3, -0.25) is 4.79 Å². The SMILES string of the molecule is CC(C)CN(CC(O)c1ccc(F)cc1)C(=O)NCC1CC(=O)Nc2ccccc21. The van der Waals surface area contributed by atoms with Crippen LogP contribution in [0.3, 0.4) is 0 Å². The van der Waals surface area contributed by atoms with Crippen molar-refractivity contribution in [3.05, 3.63) is 65.5 Å². The Morgan fingerprint density at radius 3 is 2.60 bits per heavy atom. The number of nitrogens with zero attached hydrogens (tertiary/aromatic N) is 1. The van der Waals surface area contributed by atoms with Crippen molar-refractivity contribution in [3.63, 3.8) is 0 Å². The van der Waals surface area contributed by atoms with Crippen molar-refractivity contribution >= 4 is 17.6 Å². The van der Waals surface area contributed by atoms with Crippen molar-refractivity contribution in [2.45, 2.75) is 32.3 Å². The fourth-order valence-electron chi connectivity index (χ4n) is 3.69. The van der Waals surface area contributed by atoms with Crippen LogP contribution in [0.4, 0.5) is 14.9 Å². The summed E-state index contributed by atoms with van der Waals surface area (Å²) < 4.78 is 13.1. The Labute approximate surface area is 176 Å². The topological polar surface area (TPSA) is 81.7 Å². The molecule has 3 rings (SSSR count). The van der Waals surface area contributed by atoms with E-state index in [4.69, 9.17) is 0 Å². The smallest absolute Gasteiger partial charge is 0.317 e. The third-order valence-corrected chi connectivity index (χ3v) is 5.13. The third-order valence-electron chi connectivity index (χ3n) is 5.13. The number of amides is 3. The maximum absolute atomic E-state index is 13.1. The second-order valence-electron chi connectivity index (χ2n) is 8.09. The molecule has 0 saturated carbocycles. The number of nitrogens with one attached hydrogen (secondary N) is 2. The molecule has 2 atom stereocenters. The van der Waals surface area contributed by atoms with E-state index in [-0.39, 0.29) is 36.1 Å². The fraction of sp³-hybridized carbons (Fsp3) is 0.391. The fourth-order valence-corrected chi connectivity index (χ4v) is 3.69. The minimum atomic E-state index is -0.920. The zero-order valence-corrected chi connectivity index (χ0v) is 17.3.